The Morgan fingerprint density at radius 3 is 2.70 bits per heavy atom. The second kappa shape index (κ2) is 7.75. The zero-order valence-electron chi connectivity index (χ0n) is 12.3. The van der Waals surface area contributed by atoms with E-state index in [1.54, 1.807) is 7.05 Å². The van der Waals surface area contributed by atoms with Crippen LogP contribution in [0.5, 0.6) is 0 Å². The summed E-state index contributed by atoms with van der Waals surface area (Å²) in [6.45, 7) is 3.24. The lowest BCUT2D eigenvalue weighted by Gasteiger charge is -2.18. The van der Waals surface area contributed by atoms with E-state index in [1.165, 1.54) is 10.4 Å². The van der Waals surface area contributed by atoms with Crippen molar-refractivity contribution in [1.82, 2.24) is 25.5 Å². The second-order valence-corrected chi connectivity index (χ2v) is 5.00. The van der Waals surface area contributed by atoms with Crippen molar-refractivity contribution < 1.29 is 0 Å². The first-order chi connectivity index (χ1) is 9.79. The predicted molar refractivity (Wildman–Crippen MR) is 79.2 cm³/mol. The summed E-state index contributed by atoms with van der Waals surface area (Å²) in [6.07, 6.45) is 4.17. The van der Waals surface area contributed by atoms with E-state index < -0.39 is 0 Å². The molecule has 0 fully saturated rings. The topological polar surface area (TPSA) is 55.6 Å². The average Bonchev–Trinajstić information content (AvgIpc) is 2.89. The smallest absolute Gasteiger partial charge is 0.174 e. The molecule has 1 atom stereocenters. The van der Waals surface area contributed by atoms with Crippen LogP contribution >= 0.6 is 0 Å². The van der Waals surface area contributed by atoms with E-state index in [2.05, 4.69) is 58.0 Å². The number of aryl methyl sites for hydroxylation is 2. The molecule has 1 unspecified atom stereocenters. The van der Waals surface area contributed by atoms with Crippen molar-refractivity contribution in [3.05, 3.63) is 41.7 Å². The molecule has 2 rings (SSSR count). The van der Waals surface area contributed by atoms with Crippen LogP contribution in [0.25, 0.3) is 0 Å². The molecule has 5 heteroatoms. The summed E-state index contributed by atoms with van der Waals surface area (Å²) in [7, 11) is 1.80. The van der Waals surface area contributed by atoms with Gasteiger partial charge in [-0.3, -0.25) is 0 Å². The minimum atomic E-state index is 0.410. The molecule has 0 aliphatic rings. The van der Waals surface area contributed by atoms with Crippen molar-refractivity contribution in [3.63, 3.8) is 0 Å². The van der Waals surface area contributed by atoms with Gasteiger partial charge in [-0.25, -0.2) is 0 Å². The van der Waals surface area contributed by atoms with Crippen LogP contribution in [-0.4, -0.2) is 26.8 Å². The summed E-state index contributed by atoms with van der Waals surface area (Å²) in [4.78, 5) is 1.51. The maximum atomic E-state index is 4.22. The molecule has 0 radical (unpaired) electrons. The molecule has 0 saturated carbocycles. The van der Waals surface area contributed by atoms with E-state index in [0.717, 1.165) is 38.1 Å². The molecule has 2 aromatic rings. The number of hydrogen-bond acceptors (Lipinski definition) is 4. The first-order valence-electron chi connectivity index (χ1n) is 7.30. The van der Waals surface area contributed by atoms with Gasteiger partial charge in [-0.15, -0.1) is 10.2 Å². The minimum absolute atomic E-state index is 0.410. The third-order valence-electron chi connectivity index (χ3n) is 3.29. The molecule has 0 spiro atoms. The molecule has 0 aliphatic carbocycles. The minimum Gasteiger partial charge on any atom is -0.310 e. The first kappa shape index (κ1) is 14.7. The third kappa shape index (κ3) is 4.42. The van der Waals surface area contributed by atoms with Crippen LogP contribution in [0, 0.1) is 0 Å². The van der Waals surface area contributed by atoms with E-state index in [0.29, 0.717) is 6.04 Å². The molecule has 1 aromatic carbocycles. The molecular formula is C15H23N5. The monoisotopic (exact) mass is 273 g/mol. The van der Waals surface area contributed by atoms with Crippen LogP contribution in [-0.2, 0) is 13.5 Å². The van der Waals surface area contributed by atoms with E-state index in [4.69, 9.17) is 0 Å². The molecule has 0 aliphatic heterocycles. The van der Waals surface area contributed by atoms with Gasteiger partial charge in [0.2, 0.25) is 0 Å². The molecule has 5 nitrogen and oxygen atoms in total. The van der Waals surface area contributed by atoms with Gasteiger partial charge in [0.05, 0.1) is 7.05 Å². The number of aromatic nitrogens is 4. The number of nitrogens with zero attached hydrogens (tertiary/aromatic N) is 4. The Labute approximate surface area is 120 Å². The lowest BCUT2D eigenvalue weighted by atomic mass is 10.0. The van der Waals surface area contributed by atoms with Crippen molar-refractivity contribution in [3.8, 4) is 0 Å². The zero-order valence-corrected chi connectivity index (χ0v) is 12.3. The second-order valence-electron chi connectivity index (χ2n) is 5.00. The van der Waals surface area contributed by atoms with Crippen LogP contribution in [0.2, 0.25) is 0 Å². The molecule has 1 heterocycles. The van der Waals surface area contributed by atoms with E-state index in [1.807, 2.05) is 0 Å². The Kier molecular flexibility index (Phi) is 5.68. The number of hydrogen-bond donors (Lipinski definition) is 1. The van der Waals surface area contributed by atoms with Gasteiger partial charge in [-0.2, -0.15) is 4.80 Å². The van der Waals surface area contributed by atoms with Crippen LogP contribution in [0.15, 0.2) is 30.3 Å². The molecule has 1 N–H and O–H groups in total. The highest BCUT2D eigenvalue weighted by Gasteiger charge is 2.10. The van der Waals surface area contributed by atoms with E-state index in [-0.39, 0.29) is 0 Å². The van der Waals surface area contributed by atoms with Crippen molar-refractivity contribution in [2.75, 3.05) is 6.54 Å². The Bertz CT molecular complexity index is 494. The molecule has 0 saturated heterocycles. The van der Waals surface area contributed by atoms with Crippen LogP contribution in [0.3, 0.4) is 0 Å². The largest absolute Gasteiger partial charge is 0.310 e. The number of rotatable bonds is 8. The highest BCUT2D eigenvalue weighted by molar-refractivity contribution is 5.18. The van der Waals surface area contributed by atoms with Crippen molar-refractivity contribution >= 4 is 0 Å². The molecule has 0 bridgehead atoms. The van der Waals surface area contributed by atoms with Crippen molar-refractivity contribution in [2.24, 2.45) is 7.05 Å². The maximum absolute atomic E-state index is 4.22. The zero-order chi connectivity index (χ0) is 14.2. The lowest BCUT2D eigenvalue weighted by molar-refractivity contribution is 0.481. The fourth-order valence-corrected chi connectivity index (χ4v) is 2.28. The Morgan fingerprint density at radius 1 is 1.25 bits per heavy atom. The summed E-state index contributed by atoms with van der Waals surface area (Å²) in [5.74, 6) is 0.829. The third-order valence-corrected chi connectivity index (χ3v) is 3.29. The number of benzene rings is 1. The Balaban J connectivity index is 1.87. The van der Waals surface area contributed by atoms with Crippen LogP contribution in [0.1, 0.15) is 43.6 Å². The van der Waals surface area contributed by atoms with Crippen molar-refractivity contribution in [1.29, 1.82) is 0 Å². The highest BCUT2D eigenvalue weighted by atomic mass is 15.6. The molecule has 1 aromatic heterocycles. The van der Waals surface area contributed by atoms with Gasteiger partial charge in [0.1, 0.15) is 0 Å². The van der Waals surface area contributed by atoms with Gasteiger partial charge in [0.25, 0.3) is 0 Å². The Morgan fingerprint density at radius 2 is 2.05 bits per heavy atom. The van der Waals surface area contributed by atoms with Gasteiger partial charge >= 0.3 is 0 Å². The normalized spacial score (nSPS) is 12.5. The Hall–Kier alpha value is -1.75. The van der Waals surface area contributed by atoms with Crippen LogP contribution < -0.4 is 5.32 Å². The van der Waals surface area contributed by atoms with Crippen LogP contribution in [0.4, 0.5) is 0 Å². The molecule has 20 heavy (non-hydrogen) atoms. The fourth-order valence-electron chi connectivity index (χ4n) is 2.28. The average molecular weight is 273 g/mol. The van der Waals surface area contributed by atoms with E-state index in [9.17, 15) is 0 Å². The van der Waals surface area contributed by atoms with Gasteiger partial charge in [-0.05, 0) is 36.6 Å². The highest BCUT2D eigenvalue weighted by Crippen LogP contribution is 2.19. The van der Waals surface area contributed by atoms with Gasteiger partial charge < -0.3 is 5.32 Å². The number of tetrazole rings is 1. The van der Waals surface area contributed by atoms with Crippen molar-refractivity contribution in [2.45, 2.75) is 38.6 Å². The van der Waals surface area contributed by atoms with E-state index >= 15 is 0 Å². The lowest BCUT2D eigenvalue weighted by Crippen LogP contribution is -2.22. The standard InChI is InChI=1S/C15H23N5/c1-3-12-16-14(13-8-5-4-6-9-13)10-7-11-15-17-19-20(2)18-15/h4-6,8-9,14,16H,3,7,10-12H2,1-2H3. The molecule has 108 valence electrons. The predicted octanol–water partition coefficient (Wildman–Crippen LogP) is 2.27. The molecule has 0 amide bonds. The summed E-state index contributed by atoms with van der Waals surface area (Å²) < 4.78 is 0. The SMILES string of the molecule is CCCNC(CCCc1nnn(C)n1)c1ccccc1. The summed E-state index contributed by atoms with van der Waals surface area (Å²) in [6, 6.07) is 11.0. The number of nitrogens with one attached hydrogen (secondary N) is 1. The first-order valence-corrected chi connectivity index (χ1v) is 7.30. The van der Waals surface area contributed by atoms with Gasteiger partial charge in [0, 0.05) is 12.5 Å². The van der Waals surface area contributed by atoms with Gasteiger partial charge in [-0.1, -0.05) is 37.3 Å². The molecular weight excluding hydrogens is 250 g/mol. The fraction of sp³-hybridized carbons (Fsp3) is 0.533. The quantitative estimate of drug-likeness (QED) is 0.801. The summed E-state index contributed by atoms with van der Waals surface area (Å²) >= 11 is 0. The maximum Gasteiger partial charge on any atom is 0.174 e. The summed E-state index contributed by atoms with van der Waals surface area (Å²) in [5.41, 5.74) is 1.35. The summed E-state index contributed by atoms with van der Waals surface area (Å²) in [5, 5.41) is 15.7. The van der Waals surface area contributed by atoms with Gasteiger partial charge in [0.15, 0.2) is 5.82 Å².